The van der Waals surface area contributed by atoms with Crippen LogP contribution in [0.4, 0.5) is 18.9 Å². The Labute approximate surface area is 204 Å². The number of hydrogen-bond donors (Lipinski definition) is 2. The third-order valence-electron chi connectivity index (χ3n) is 4.33. The molecule has 9 heteroatoms. The second kappa shape index (κ2) is 13.7. The van der Waals surface area contributed by atoms with Gasteiger partial charge in [-0.15, -0.1) is 0 Å². The van der Waals surface area contributed by atoms with Crippen LogP contribution in [-0.2, 0) is 0 Å². The van der Waals surface area contributed by atoms with Crippen molar-refractivity contribution in [3.05, 3.63) is 89.7 Å². The summed E-state index contributed by atoms with van der Waals surface area (Å²) in [6.45, 7) is 9.42. The van der Waals surface area contributed by atoms with Crippen molar-refractivity contribution >= 4 is 17.4 Å². The molecule has 0 bridgehead atoms. The topological polar surface area (TPSA) is 75.6 Å². The zero-order valence-corrected chi connectivity index (χ0v) is 20.7. The number of nitrogens with one attached hydrogen (secondary N) is 2. The van der Waals surface area contributed by atoms with E-state index in [1.54, 1.807) is 52.2 Å². The number of aliphatic imine (C=N–C) groups is 1. The summed E-state index contributed by atoms with van der Waals surface area (Å²) >= 11 is 0. The monoisotopic (exact) mass is 488 g/mol. The number of halogens is 3. The van der Waals surface area contributed by atoms with Crippen molar-refractivity contribution in [1.82, 2.24) is 10.3 Å². The van der Waals surface area contributed by atoms with Crippen LogP contribution in [0.15, 0.2) is 83.3 Å². The van der Waals surface area contributed by atoms with E-state index in [1.165, 1.54) is 37.6 Å². The number of methoxy groups -OCH3 is 1. The van der Waals surface area contributed by atoms with Gasteiger partial charge in [0.25, 0.3) is 11.8 Å². The van der Waals surface area contributed by atoms with Crippen molar-refractivity contribution in [3.8, 4) is 5.75 Å². The van der Waals surface area contributed by atoms with Crippen molar-refractivity contribution in [3.63, 3.8) is 0 Å². The van der Waals surface area contributed by atoms with E-state index >= 15 is 0 Å². The fourth-order valence-electron chi connectivity index (χ4n) is 2.59. The van der Waals surface area contributed by atoms with Gasteiger partial charge < -0.3 is 15.4 Å². The van der Waals surface area contributed by atoms with Crippen molar-refractivity contribution in [2.75, 3.05) is 19.5 Å². The van der Waals surface area contributed by atoms with E-state index in [0.717, 1.165) is 6.92 Å². The Morgan fingerprint density at radius 2 is 1.89 bits per heavy atom. The van der Waals surface area contributed by atoms with Gasteiger partial charge in [0.1, 0.15) is 0 Å². The zero-order valence-electron chi connectivity index (χ0n) is 20.7. The number of aromatic nitrogens is 1. The Balaban J connectivity index is 0.000000400. The van der Waals surface area contributed by atoms with Crippen LogP contribution < -0.4 is 15.4 Å². The van der Waals surface area contributed by atoms with Crippen LogP contribution >= 0.6 is 0 Å². The lowest BCUT2D eigenvalue weighted by Gasteiger charge is -2.14. The molecule has 188 valence electrons. The van der Waals surface area contributed by atoms with Gasteiger partial charge in [-0.3, -0.25) is 14.8 Å². The van der Waals surface area contributed by atoms with Crippen LogP contribution in [0, 0.1) is 5.82 Å². The van der Waals surface area contributed by atoms with Crippen molar-refractivity contribution in [2.45, 2.75) is 33.6 Å². The van der Waals surface area contributed by atoms with Crippen molar-refractivity contribution in [2.24, 2.45) is 4.99 Å². The summed E-state index contributed by atoms with van der Waals surface area (Å²) in [7, 11) is 2.99. The van der Waals surface area contributed by atoms with E-state index in [2.05, 4.69) is 27.2 Å². The molecule has 1 aromatic carbocycles. The minimum absolute atomic E-state index is 0.121. The normalized spacial score (nSPS) is 12.3. The maximum atomic E-state index is 13.6. The number of allylic oxidation sites excluding steroid dienone is 5. The zero-order chi connectivity index (χ0) is 26.6. The number of hydrogen-bond acceptors (Lipinski definition) is 5. The largest absolute Gasteiger partial charge is 0.494 e. The molecule has 2 rings (SSSR count). The molecule has 0 saturated carbocycles. The average Bonchev–Trinajstić information content (AvgIpc) is 2.78. The van der Waals surface area contributed by atoms with E-state index in [-0.39, 0.29) is 17.2 Å². The summed E-state index contributed by atoms with van der Waals surface area (Å²) in [5, 5.41) is 5.49. The van der Waals surface area contributed by atoms with Gasteiger partial charge in [-0.25, -0.2) is 13.2 Å². The summed E-state index contributed by atoms with van der Waals surface area (Å²) < 4.78 is 45.5. The van der Waals surface area contributed by atoms with Crippen molar-refractivity contribution in [1.29, 1.82) is 0 Å². The number of anilines is 1. The number of nitrogens with zero attached hydrogens (tertiary/aromatic N) is 2. The Bertz CT molecular complexity index is 1110. The molecule has 0 saturated heterocycles. The molecule has 6 nitrogen and oxygen atoms in total. The lowest BCUT2D eigenvalue weighted by atomic mass is 10.1. The maximum absolute atomic E-state index is 13.6. The van der Waals surface area contributed by atoms with E-state index in [0.29, 0.717) is 28.4 Å². The summed E-state index contributed by atoms with van der Waals surface area (Å²) in [4.78, 5) is 19.0. The van der Waals surface area contributed by atoms with E-state index < -0.39 is 11.7 Å². The van der Waals surface area contributed by atoms with E-state index in [4.69, 9.17) is 4.74 Å². The molecular formula is C26H31F3N4O2. The molecule has 0 fully saturated rings. The second-order valence-corrected chi connectivity index (χ2v) is 7.64. The van der Waals surface area contributed by atoms with E-state index in [9.17, 15) is 18.0 Å². The molecule has 2 N–H and O–H groups in total. The first-order chi connectivity index (χ1) is 16.4. The number of rotatable bonds is 7. The maximum Gasteiger partial charge on any atom is 0.270 e. The Kier molecular flexibility index (Phi) is 11.4. The summed E-state index contributed by atoms with van der Waals surface area (Å²) in [5.74, 6) is -2.99. The molecule has 1 heterocycles. The summed E-state index contributed by atoms with van der Waals surface area (Å²) in [6.07, 6.45) is 5.77. The number of carbonyl (C=O) groups excluding carboxylic acids is 1. The van der Waals surface area contributed by atoms with Crippen LogP contribution in [0.5, 0.6) is 5.75 Å². The smallest absolute Gasteiger partial charge is 0.270 e. The quantitative estimate of drug-likeness (QED) is 0.278. The van der Waals surface area contributed by atoms with Gasteiger partial charge in [0.05, 0.1) is 18.5 Å². The number of carbonyl (C=O) groups is 1. The molecule has 0 aliphatic heterocycles. The molecule has 0 atom stereocenters. The Morgan fingerprint density at radius 3 is 2.37 bits per heavy atom. The summed E-state index contributed by atoms with van der Waals surface area (Å²) in [5.41, 5.74) is 1.79. The van der Waals surface area contributed by atoms with Crippen molar-refractivity contribution < 1.29 is 22.7 Å². The van der Waals surface area contributed by atoms with Gasteiger partial charge in [-0.1, -0.05) is 18.2 Å². The number of amides is 1. The molecule has 35 heavy (non-hydrogen) atoms. The number of alkyl halides is 2. The van der Waals surface area contributed by atoms with Crippen LogP contribution in [0.25, 0.3) is 0 Å². The first-order valence-electron chi connectivity index (χ1n) is 10.6. The molecule has 0 aliphatic carbocycles. The second-order valence-electron chi connectivity index (χ2n) is 7.64. The Morgan fingerprint density at radius 1 is 1.20 bits per heavy atom. The molecule has 1 amide bonds. The lowest BCUT2D eigenvalue weighted by Crippen LogP contribution is -2.28. The first-order valence-corrected chi connectivity index (χ1v) is 10.6. The average molecular weight is 489 g/mol. The predicted molar refractivity (Wildman–Crippen MR) is 135 cm³/mol. The molecule has 0 spiro atoms. The SMILES string of the molecule is C=C(C)/C=C(\C=C(/C)Nc1ccc(OC)c(F)c1)C(C)(F)F.CN=C(C)NC(=O)c1cccnc1. The van der Waals surface area contributed by atoms with Crippen LogP contribution in [-0.4, -0.2) is 36.8 Å². The van der Waals surface area contributed by atoms with Gasteiger partial charge in [-0.2, -0.15) is 0 Å². The molecule has 0 aliphatic rings. The standard InChI is InChI=1S/C17H20F3NO.C9H11N3O/c1-11(2)8-13(17(4,19)20)9-12(3)21-14-6-7-16(22-5)15(18)10-14;1-7(10-2)12-9(13)8-4-3-5-11-6-8/h6-10,21H,1H2,2-5H3;3-6H,1-2H3,(H,10,12,13)/b12-9+,13-8+;. The first kappa shape index (κ1) is 29.2. The minimum atomic E-state index is -2.99. The van der Waals surface area contributed by atoms with Gasteiger partial charge in [-0.05, 0) is 51.1 Å². The highest BCUT2D eigenvalue weighted by Crippen LogP contribution is 2.27. The molecule has 0 radical (unpaired) electrons. The lowest BCUT2D eigenvalue weighted by molar-refractivity contribution is 0.0673. The highest BCUT2D eigenvalue weighted by Gasteiger charge is 2.25. The third kappa shape index (κ3) is 10.7. The predicted octanol–water partition coefficient (Wildman–Crippen LogP) is 6.17. The Hall–Kier alpha value is -3.88. The molecule has 2 aromatic rings. The number of pyridine rings is 1. The molecule has 1 aromatic heterocycles. The highest BCUT2D eigenvalue weighted by atomic mass is 19.3. The van der Waals surface area contributed by atoms with Gasteiger partial charge >= 0.3 is 0 Å². The van der Waals surface area contributed by atoms with Gasteiger partial charge in [0.2, 0.25) is 0 Å². The van der Waals surface area contributed by atoms with Crippen LogP contribution in [0.2, 0.25) is 0 Å². The number of ether oxygens (including phenoxy) is 1. The van der Waals surface area contributed by atoms with Crippen LogP contribution in [0.3, 0.4) is 0 Å². The number of benzene rings is 1. The third-order valence-corrected chi connectivity index (χ3v) is 4.33. The summed E-state index contributed by atoms with van der Waals surface area (Å²) in [6, 6.07) is 7.72. The highest BCUT2D eigenvalue weighted by molar-refractivity contribution is 6.05. The van der Waals surface area contributed by atoms with E-state index in [1.807, 2.05) is 0 Å². The molecular weight excluding hydrogens is 457 g/mol. The number of amidine groups is 1. The van der Waals surface area contributed by atoms with Gasteiger partial charge in [0.15, 0.2) is 11.6 Å². The fraction of sp³-hybridized carbons (Fsp3) is 0.269. The molecule has 0 unspecified atom stereocenters. The minimum Gasteiger partial charge on any atom is -0.494 e. The van der Waals surface area contributed by atoms with Gasteiger partial charge in [0, 0.05) is 49.4 Å². The fourth-order valence-corrected chi connectivity index (χ4v) is 2.59. The van der Waals surface area contributed by atoms with Crippen LogP contribution in [0.1, 0.15) is 38.1 Å².